The first-order valence-corrected chi connectivity index (χ1v) is 6.28. The molecule has 0 saturated carbocycles. The van der Waals surface area contributed by atoms with Crippen LogP contribution in [0.3, 0.4) is 0 Å². The Morgan fingerprint density at radius 2 is 1.71 bits per heavy atom. The van der Waals surface area contributed by atoms with E-state index in [9.17, 15) is 0 Å². The summed E-state index contributed by atoms with van der Waals surface area (Å²) in [5.41, 5.74) is 2.86. The Bertz CT molecular complexity index is 261. The van der Waals surface area contributed by atoms with Crippen molar-refractivity contribution in [3.63, 3.8) is 0 Å². The maximum absolute atomic E-state index is 3.66. The van der Waals surface area contributed by atoms with Crippen molar-refractivity contribution in [2.24, 2.45) is 0 Å². The standard InChI is InChI=1S/C13H19Br/c1-4-13(14)9-11-5-7-12(8-6-11)10(2)3/h5-8,10,13H,4,9H2,1-3H3. The molecule has 0 N–H and O–H groups in total. The topological polar surface area (TPSA) is 0 Å². The molecule has 1 aromatic carbocycles. The van der Waals surface area contributed by atoms with Gasteiger partial charge in [0.25, 0.3) is 0 Å². The third kappa shape index (κ3) is 3.45. The van der Waals surface area contributed by atoms with Crippen LogP contribution in [-0.4, -0.2) is 4.83 Å². The maximum atomic E-state index is 3.66. The highest BCUT2D eigenvalue weighted by Crippen LogP contribution is 2.17. The van der Waals surface area contributed by atoms with Gasteiger partial charge >= 0.3 is 0 Å². The predicted molar refractivity (Wildman–Crippen MR) is 67.2 cm³/mol. The van der Waals surface area contributed by atoms with Crippen LogP contribution in [0.25, 0.3) is 0 Å². The average molecular weight is 255 g/mol. The van der Waals surface area contributed by atoms with Crippen molar-refractivity contribution in [1.29, 1.82) is 0 Å². The maximum Gasteiger partial charge on any atom is 0.0183 e. The van der Waals surface area contributed by atoms with Gasteiger partial charge in [-0.1, -0.05) is 61.0 Å². The lowest BCUT2D eigenvalue weighted by atomic mass is 10.00. The van der Waals surface area contributed by atoms with Gasteiger partial charge in [-0.15, -0.1) is 0 Å². The molecule has 0 aliphatic heterocycles. The number of alkyl halides is 1. The summed E-state index contributed by atoms with van der Waals surface area (Å²) in [5.74, 6) is 0.634. The van der Waals surface area contributed by atoms with Gasteiger partial charge in [-0.05, 0) is 29.9 Å². The van der Waals surface area contributed by atoms with Crippen LogP contribution in [0.4, 0.5) is 0 Å². The molecule has 0 fully saturated rings. The van der Waals surface area contributed by atoms with Gasteiger partial charge in [-0.25, -0.2) is 0 Å². The smallest absolute Gasteiger partial charge is 0.0183 e. The highest BCUT2D eigenvalue weighted by molar-refractivity contribution is 9.09. The number of halogens is 1. The first kappa shape index (κ1) is 11.8. The van der Waals surface area contributed by atoms with E-state index in [2.05, 4.69) is 61.0 Å². The van der Waals surface area contributed by atoms with Gasteiger partial charge < -0.3 is 0 Å². The highest BCUT2D eigenvalue weighted by Gasteiger charge is 2.03. The zero-order valence-corrected chi connectivity index (χ0v) is 10.8. The van der Waals surface area contributed by atoms with Gasteiger partial charge in [0.1, 0.15) is 0 Å². The molecule has 14 heavy (non-hydrogen) atoms. The van der Waals surface area contributed by atoms with Gasteiger partial charge in [-0.2, -0.15) is 0 Å². The molecule has 0 radical (unpaired) electrons. The molecule has 1 rings (SSSR count). The molecule has 1 unspecified atom stereocenters. The average Bonchev–Trinajstić information content (AvgIpc) is 2.18. The van der Waals surface area contributed by atoms with Crippen LogP contribution in [-0.2, 0) is 6.42 Å². The molecule has 0 aliphatic carbocycles. The minimum absolute atomic E-state index is 0.618. The highest BCUT2D eigenvalue weighted by atomic mass is 79.9. The lowest BCUT2D eigenvalue weighted by molar-refractivity contribution is 0.825. The zero-order valence-electron chi connectivity index (χ0n) is 9.26. The van der Waals surface area contributed by atoms with Gasteiger partial charge in [-0.3, -0.25) is 0 Å². The third-order valence-corrected chi connectivity index (χ3v) is 3.52. The van der Waals surface area contributed by atoms with Crippen molar-refractivity contribution in [3.05, 3.63) is 35.4 Å². The second kappa shape index (κ2) is 5.55. The van der Waals surface area contributed by atoms with Crippen LogP contribution in [0, 0.1) is 0 Å². The van der Waals surface area contributed by atoms with Gasteiger partial charge in [0, 0.05) is 4.83 Å². The fourth-order valence-corrected chi connectivity index (χ4v) is 1.81. The van der Waals surface area contributed by atoms with Crippen molar-refractivity contribution >= 4 is 15.9 Å². The Hall–Kier alpha value is -0.300. The number of rotatable bonds is 4. The number of hydrogen-bond acceptors (Lipinski definition) is 0. The molecule has 1 heteroatoms. The quantitative estimate of drug-likeness (QED) is 0.693. The Labute approximate surface area is 95.9 Å². The second-order valence-electron chi connectivity index (χ2n) is 4.11. The fraction of sp³-hybridized carbons (Fsp3) is 0.538. The first-order valence-electron chi connectivity index (χ1n) is 5.36. The van der Waals surface area contributed by atoms with Crippen molar-refractivity contribution in [2.75, 3.05) is 0 Å². The monoisotopic (exact) mass is 254 g/mol. The van der Waals surface area contributed by atoms with Crippen molar-refractivity contribution in [2.45, 2.75) is 44.4 Å². The molecule has 0 aliphatic rings. The van der Waals surface area contributed by atoms with Crippen molar-refractivity contribution < 1.29 is 0 Å². The molecule has 78 valence electrons. The van der Waals surface area contributed by atoms with Gasteiger partial charge in [0.05, 0.1) is 0 Å². The third-order valence-electron chi connectivity index (χ3n) is 2.55. The van der Waals surface area contributed by atoms with E-state index < -0.39 is 0 Å². The molecule has 0 bridgehead atoms. The molecule has 1 aromatic rings. The van der Waals surface area contributed by atoms with Crippen molar-refractivity contribution in [1.82, 2.24) is 0 Å². The van der Waals surface area contributed by atoms with Crippen molar-refractivity contribution in [3.8, 4) is 0 Å². The van der Waals surface area contributed by atoms with Crippen LogP contribution in [0.2, 0.25) is 0 Å². The number of benzene rings is 1. The lowest BCUT2D eigenvalue weighted by Gasteiger charge is -2.09. The molecular weight excluding hydrogens is 236 g/mol. The fourth-order valence-electron chi connectivity index (χ4n) is 1.44. The Kier molecular flexibility index (Phi) is 4.67. The van der Waals surface area contributed by atoms with Gasteiger partial charge in [0.2, 0.25) is 0 Å². The molecule has 0 nitrogen and oxygen atoms in total. The van der Waals surface area contributed by atoms with Crippen LogP contribution in [0.1, 0.15) is 44.2 Å². The van der Waals surface area contributed by atoms with Crippen LogP contribution < -0.4 is 0 Å². The first-order chi connectivity index (χ1) is 6.63. The van der Waals surface area contributed by atoms with E-state index in [0.29, 0.717) is 10.7 Å². The number of hydrogen-bond donors (Lipinski definition) is 0. The van der Waals surface area contributed by atoms with E-state index in [1.54, 1.807) is 0 Å². The van der Waals surface area contributed by atoms with E-state index in [1.165, 1.54) is 17.5 Å². The van der Waals surface area contributed by atoms with Gasteiger partial charge in [0.15, 0.2) is 0 Å². The molecule has 1 atom stereocenters. The Morgan fingerprint density at radius 1 is 1.14 bits per heavy atom. The molecule has 0 aromatic heterocycles. The molecule has 0 spiro atoms. The van der Waals surface area contributed by atoms with E-state index in [1.807, 2.05) is 0 Å². The summed E-state index contributed by atoms with van der Waals surface area (Å²) in [6.45, 7) is 6.67. The van der Waals surface area contributed by atoms with E-state index in [4.69, 9.17) is 0 Å². The molecule has 0 amide bonds. The Balaban J connectivity index is 2.64. The van der Waals surface area contributed by atoms with Crippen LogP contribution >= 0.6 is 15.9 Å². The van der Waals surface area contributed by atoms with Crippen LogP contribution in [0.5, 0.6) is 0 Å². The summed E-state index contributed by atoms with van der Waals surface area (Å²) in [5, 5.41) is 0. The van der Waals surface area contributed by atoms with Crippen LogP contribution in [0.15, 0.2) is 24.3 Å². The largest absolute Gasteiger partial charge is 0.0887 e. The zero-order chi connectivity index (χ0) is 10.6. The summed E-state index contributed by atoms with van der Waals surface area (Å²) in [7, 11) is 0. The Morgan fingerprint density at radius 3 is 2.14 bits per heavy atom. The minimum Gasteiger partial charge on any atom is -0.0887 e. The molecular formula is C13H19Br. The SMILES string of the molecule is CCC(Br)Cc1ccc(C(C)C)cc1. The summed E-state index contributed by atoms with van der Waals surface area (Å²) < 4.78 is 0. The summed E-state index contributed by atoms with van der Waals surface area (Å²) >= 11 is 3.66. The van der Waals surface area contributed by atoms with E-state index in [0.717, 1.165) is 6.42 Å². The van der Waals surface area contributed by atoms with E-state index >= 15 is 0 Å². The normalized spacial score (nSPS) is 13.2. The summed E-state index contributed by atoms with van der Waals surface area (Å²) in [6.07, 6.45) is 2.32. The van der Waals surface area contributed by atoms with E-state index in [-0.39, 0.29) is 0 Å². The second-order valence-corrected chi connectivity index (χ2v) is 5.40. The predicted octanol–water partition coefficient (Wildman–Crippen LogP) is 4.53. The lowest BCUT2D eigenvalue weighted by Crippen LogP contribution is -2.00. The molecule has 0 saturated heterocycles. The summed E-state index contributed by atoms with van der Waals surface area (Å²) in [6, 6.07) is 8.99. The summed E-state index contributed by atoms with van der Waals surface area (Å²) in [4.78, 5) is 0.618. The minimum atomic E-state index is 0.618. The molecule has 0 heterocycles.